The molecule has 148 valence electrons. The van der Waals surface area contributed by atoms with Crippen molar-refractivity contribution in [2.24, 2.45) is 0 Å². The van der Waals surface area contributed by atoms with Gasteiger partial charge in [-0.15, -0.1) is 0 Å². The number of amides is 1. The number of fused-ring (bicyclic) bond motifs is 1. The van der Waals surface area contributed by atoms with Crippen LogP contribution < -0.4 is 10.1 Å². The highest BCUT2D eigenvalue weighted by Gasteiger charge is 2.29. The first kappa shape index (κ1) is 19.3. The summed E-state index contributed by atoms with van der Waals surface area (Å²) in [7, 11) is 0. The third kappa shape index (κ3) is 4.34. The highest BCUT2D eigenvalue weighted by atomic mass is 16.5. The maximum Gasteiger partial charge on any atom is 0.257 e. The number of carbonyl (C=O) groups is 1. The van der Waals surface area contributed by atoms with E-state index in [0.717, 1.165) is 18.6 Å². The maximum absolute atomic E-state index is 12.5. The Hall–Kier alpha value is -3.07. The lowest BCUT2D eigenvalue weighted by Crippen LogP contribution is -2.41. The molecule has 0 saturated carbocycles. The van der Waals surface area contributed by atoms with E-state index in [1.54, 1.807) is 0 Å². The zero-order valence-electron chi connectivity index (χ0n) is 16.9. The lowest BCUT2D eigenvalue weighted by Gasteiger charge is -2.31. The summed E-state index contributed by atoms with van der Waals surface area (Å²) in [5.74, 6) is 0.665. The Bertz CT molecular complexity index is 927. The molecule has 1 aliphatic carbocycles. The van der Waals surface area contributed by atoms with Crippen molar-refractivity contribution in [1.29, 1.82) is 0 Å². The molecular weight excluding hydrogens is 358 g/mol. The van der Waals surface area contributed by atoms with Gasteiger partial charge in [-0.1, -0.05) is 66.7 Å². The molecule has 1 aliphatic rings. The second kappa shape index (κ2) is 8.52. The Morgan fingerprint density at radius 1 is 0.897 bits per heavy atom. The third-order valence-electron chi connectivity index (χ3n) is 5.90. The number of carbonyl (C=O) groups excluding carboxylic acids is 1. The van der Waals surface area contributed by atoms with Crippen molar-refractivity contribution in [3.05, 3.63) is 101 Å². The molecule has 1 amide bonds. The number of hydrogen-bond acceptors (Lipinski definition) is 2. The Morgan fingerprint density at radius 2 is 1.52 bits per heavy atom. The zero-order valence-corrected chi connectivity index (χ0v) is 16.9. The van der Waals surface area contributed by atoms with Crippen LogP contribution in [0.4, 0.5) is 0 Å². The molecule has 0 saturated heterocycles. The molecule has 3 aromatic carbocycles. The number of rotatable bonds is 7. The van der Waals surface area contributed by atoms with Gasteiger partial charge in [-0.25, -0.2) is 0 Å². The largest absolute Gasteiger partial charge is 0.484 e. The lowest BCUT2D eigenvalue weighted by molar-refractivity contribution is -0.123. The smallest absolute Gasteiger partial charge is 0.257 e. The monoisotopic (exact) mass is 385 g/mol. The molecule has 29 heavy (non-hydrogen) atoms. The fourth-order valence-corrected chi connectivity index (χ4v) is 4.10. The molecule has 0 aliphatic heterocycles. The predicted molar refractivity (Wildman–Crippen MR) is 116 cm³/mol. The summed E-state index contributed by atoms with van der Waals surface area (Å²) in [6, 6.07) is 26.8. The van der Waals surface area contributed by atoms with E-state index in [9.17, 15) is 4.79 Å². The van der Waals surface area contributed by atoms with E-state index in [1.165, 1.54) is 28.7 Å². The highest BCUT2D eigenvalue weighted by Crippen LogP contribution is 2.31. The lowest BCUT2D eigenvalue weighted by atomic mass is 9.76. The first-order chi connectivity index (χ1) is 14.1. The van der Waals surface area contributed by atoms with Crippen molar-refractivity contribution >= 4 is 5.91 Å². The molecule has 3 heteroatoms. The van der Waals surface area contributed by atoms with Gasteiger partial charge in [0, 0.05) is 12.0 Å². The summed E-state index contributed by atoms with van der Waals surface area (Å²) in [4.78, 5) is 12.5. The molecule has 0 spiro atoms. The number of ether oxygens (including phenoxy) is 1. The average molecular weight is 386 g/mol. The van der Waals surface area contributed by atoms with E-state index in [-0.39, 0.29) is 17.9 Å². The molecule has 0 bridgehead atoms. The number of hydrogen-bond donors (Lipinski definition) is 1. The summed E-state index contributed by atoms with van der Waals surface area (Å²) in [5, 5.41) is 3.08. The van der Waals surface area contributed by atoms with E-state index >= 15 is 0 Å². The highest BCUT2D eigenvalue weighted by molar-refractivity contribution is 5.77. The summed E-state index contributed by atoms with van der Waals surface area (Å²) >= 11 is 0. The quantitative estimate of drug-likeness (QED) is 0.641. The Morgan fingerprint density at radius 3 is 2.17 bits per heavy atom. The fraction of sp³-hybridized carbons (Fsp3) is 0.269. The zero-order chi connectivity index (χ0) is 20.1. The number of aryl methyl sites for hydroxylation is 2. The number of benzene rings is 3. The van der Waals surface area contributed by atoms with Gasteiger partial charge in [-0.05, 0) is 60.6 Å². The first-order valence-electron chi connectivity index (χ1n) is 10.3. The minimum Gasteiger partial charge on any atom is -0.484 e. The van der Waals surface area contributed by atoms with Crippen LogP contribution in [0.5, 0.6) is 5.75 Å². The van der Waals surface area contributed by atoms with Gasteiger partial charge in [0.1, 0.15) is 5.75 Å². The summed E-state index contributed by atoms with van der Waals surface area (Å²) in [5.41, 5.74) is 4.79. The van der Waals surface area contributed by atoms with Crippen molar-refractivity contribution in [2.75, 3.05) is 13.2 Å². The van der Waals surface area contributed by atoms with Gasteiger partial charge in [-0.3, -0.25) is 4.79 Å². The van der Waals surface area contributed by atoms with E-state index in [1.807, 2.05) is 42.5 Å². The van der Waals surface area contributed by atoms with E-state index < -0.39 is 0 Å². The Labute approximate surface area is 172 Å². The van der Waals surface area contributed by atoms with Gasteiger partial charge in [0.15, 0.2) is 6.61 Å². The Kier molecular flexibility index (Phi) is 5.66. The van der Waals surface area contributed by atoms with Crippen LogP contribution in [0.25, 0.3) is 0 Å². The van der Waals surface area contributed by atoms with Crippen molar-refractivity contribution in [3.8, 4) is 5.75 Å². The van der Waals surface area contributed by atoms with Crippen molar-refractivity contribution in [2.45, 2.75) is 31.6 Å². The van der Waals surface area contributed by atoms with Crippen LogP contribution in [0, 0.1) is 0 Å². The molecule has 0 heterocycles. The van der Waals surface area contributed by atoms with Gasteiger partial charge in [0.2, 0.25) is 0 Å². The minimum absolute atomic E-state index is 0.0262. The van der Waals surface area contributed by atoms with Gasteiger partial charge >= 0.3 is 0 Å². The first-order valence-corrected chi connectivity index (χ1v) is 10.3. The average Bonchev–Trinajstić information content (AvgIpc) is 3.25. The van der Waals surface area contributed by atoms with Crippen molar-refractivity contribution in [3.63, 3.8) is 0 Å². The SMILES string of the molecule is CC(CNC(=O)COc1ccc2c(c1)CCC2)(c1ccccc1)c1ccccc1. The van der Waals surface area contributed by atoms with Gasteiger partial charge in [0.05, 0.1) is 0 Å². The van der Waals surface area contributed by atoms with E-state index in [0.29, 0.717) is 6.54 Å². The molecule has 0 atom stereocenters. The van der Waals surface area contributed by atoms with Crippen LogP contribution in [0.3, 0.4) is 0 Å². The van der Waals surface area contributed by atoms with Gasteiger partial charge in [-0.2, -0.15) is 0 Å². The standard InChI is InChI=1S/C26H27NO2/c1-26(22-11-4-2-5-12-22,23-13-6-3-7-14-23)19-27-25(28)18-29-24-16-15-20-9-8-10-21(20)17-24/h2-7,11-17H,8-10,18-19H2,1H3,(H,27,28). The molecule has 1 N–H and O–H groups in total. The van der Waals surface area contributed by atoms with Crippen LogP contribution in [0.1, 0.15) is 35.6 Å². The topological polar surface area (TPSA) is 38.3 Å². The van der Waals surface area contributed by atoms with Crippen molar-refractivity contribution in [1.82, 2.24) is 5.32 Å². The number of nitrogens with one attached hydrogen (secondary N) is 1. The third-order valence-corrected chi connectivity index (χ3v) is 5.90. The fourth-order valence-electron chi connectivity index (χ4n) is 4.10. The van der Waals surface area contributed by atoms with Crippen LogP contribution in [-0.2, 0) is 23.1 Å². The molecular formula is C26H27NO2. The molecule has 0 fully saturated rings. The Balaban J connectivity index is 1.41. The van der Waals surface area contributed by atoms with Crippen LogP contribution in [-0.4, -0.2) is 19.1 Å². The van der Waals surface area contributed by atoms with E-state index in [2.05, 4.69) is 48.6 Å². The van der Waals surface area contributed by atoms with Crippen molar-refractivity contribution < 1.29 is 9.53 Å². The molecule has 3 aromatic rings. The van der Waals surface area contributed by atoms with Crippen LogP contribution in [0.2, 0.25) is 0 Å². The maximum atomic E-state index is 12.5. The summed E-state index contributed by atoms with van der Waals surface area (Å²) in [6.45, 7) is 2.70. The normalized spacial score (nSPS) is 13.0. The summed E-state index contributed by atoms with van der Waals surface area (Å²) < 4.78 is 5.76. The summed E-state index contributed by atoms with van der Waals surface area (Å²) in [6.07, 6.45) is 3.45. The van der Waals surface area contributed by atoms with Gasteiger partial charge in [0.25, 0.3) is 5.91 Å². The van der Waals surface area contributed by atoms with E-state index in [4.69, 9.17) is 4.74 Å². The molecule has 3 nitrogen and oxygen atoms in total. The minimum atomic E-state index is -0.314. The van der Waals surface area contributed by atoms with Gasteiger partial charge < -0.3 is 10.1 Å². The molecule has 0 aromatic heterocycles. The molecule has 4 rings (SSSR count). The van der Waals surface area contributed by atoms with Crippen LogP contribution >= 0.6 is 0 Å². The van der Waals surface area contributed by atoms with Crippen LogP contribution in [0.15, 0.2) is 78.9 Å². The molecule has 0 unspecified atom stereocenters. The molecule has 0 radical (unpaired) electrons. The second-order valence-corrected chi connectivity index (χ2v) is 7.91. The second-order valence-electron chi connectivity index (χ2n) is 7.91. The predicted octanol–water partition coefficient (Wildman–Crippen LogP) is 4.68.